The number of halogens is 1. The van der Waals surface area contributed by atoms with Gasteiger partial charge in [-0.05, 0) is 18.4 Å². The SMILES string of the molecule is Cc1sc(-c2ccc(C(C)C)cc2)nc1CF. The minimum absolute atomic E-state index is 0.480. The lowest BCUT2D eigenvalue weighted by Crippen LogP contribution is -1.86. The Morgan fingerprint density at radius 3 is 2.35 bits per heavy atom. The Bertz CT molecular complexity index is 499. The number of aromatic nitrogens is 1. The summed E-state index contributed by atoms with van der Waals surface area (Å²) in [5.41, 5.74) is 2.95. The number of hydrogen-bond acceptors (Lipinski definition) is 2. The molecule has 0 aliphatic rings. The van der Waals surface area contributed by atoms with Crippen LogP contribution in [0.4, 0.5) is 4.39 Å². The van der Waals surface area contributed by atoms with E-state index in [1.807, 2.05) is 6.92 Å². The first-order chi connectivity index (χ1) is 8.11. The lowest BCUT2D eigenvalue weighted by Gasteiger charge is -2.05. The molecule has 90 valence electrons. The summed E-state index contributed by atoms with van der Waals surface area (Å²) in [5, 5.41) is 0.908. The highest BCUT2D eigenvalue weighted by molar-refractivity contribution is 7.15. The van der Waals surface area contributed by atoms with Crippen LogP contribution in [0.25, 0.3) is 10.6 Å². The van der Waals surface area contributed by atoms with E-state index in [1.165, 1.54) is 5.56 Å². The van der Waals surface area contributed by atoms with Crippen molar-refractivity contribution >= 4 is 11.3 Å². The monoisotopic (exact) mass is 249 g/mol. The van der Waals surface area contributed by atoms with E-state index in [1.54, 1.807) is 11.3 Å². The summed E-state index contributed by atoms with van der Waals surface area (Å²) in [6, 6.07) is 8.36. The Morgan fingerprint density at radius 2 is 1.88 bits per heavy atom. The van der Waals surface area contributed by atoms with Gasteiger partial charge >= 0.3 is 0 Å². The van der Waals surface area contributed by atoms with Gasteiger partial charge in [-0.1, -0.05) is 38.1 Å². The smallest absolute Gasteiger partial charge is 0.133 e. The number of thiazole rings is 1. The van der Waals surface area contributed by atoms with Crippen molar-refractivity contribution in [1.29, 1.82) is 0 Å². The van der Waals surface area contributed by atoms with Crippen molar-refractivity contribution in [3.63, 3.8) is 0 Å². The fourth-order valence-electron chi connectivity index (χ4n) is 1.69. The Hall–Kier alpha value is -1.22. The topological polar surface area (TPSA) is 12.9 Å². The molecule has 0 aliphatic carbocycles. The second-order valence-electron chi connectivity index (χ2n) is 4.43. The van der Waals surface area contributed by atoms with Gasteiger partial charge < -0.3 is 0 Å². The zero-order chi connectivity index (χ0) is 12.4. The van der Waals surface area contributed by atoms with Gasteiger partial charge in [0.1, 0.15) is 11.7 Å². The molecular formula is C14H16FNS. The quantitative estimate of drug-likeness (QED) is 0.767. The molecule has 0 saturated heterocycles. The molecule has 0 spiro atoms. The normalized spacial score (nSPS) is 11.1. The van der Waals surface area contributed by atoms with Gasteiger partial charge in [0, 0.05) is 10.4 Å². The molecule has 1 aromatic carbocycles. The van der Waals surface area contributed by atoms with E-state index in [0.717, 1.165) is 15.4 Å². The van der Waals surface area contributed by atoms with Crippen LogP contribution in [0.5, 0.6) is 0 Å². The Labute approximate surface area is 105 Å². The molecule has 0 atom stereocenters. The van der Waals surface area contributed by atoms with Crippen molar-refractivity contribution in [1.82, 2.24) is 4.98 Å². The number of aryl methyl sites for hydroxylation is 1. The molecule has 0 fully saturated rings. The molecule has 0 bridgehead atoms. The summed E-state index contributed by atoms with van der Waals surface area (Å²) in [5.74, 6) is 0.531. The average Bonchev–Trinajstić information content (AvgIpc) is 2.70. The molecule has 1 nitrogen and oxygen atoms in total. The van der Waals surface area contributed by atoms with Crippen LogP contribution in [-0.2, 0) is 6.67 Å². The standard InChI is InChI=1S/C14H16FNS/c1-9(2)11-4-6-12(7-5-11)14-16-13(8-15)10(3)17-14/h4-7,9H,8H2,1-3H3. The maximum atomic E-state index is 12.6. The first-order valence-electron chi connectivity index (χ1n) is 5.74. The summed E-state index contributed by atoms with van der Waals surface area (Å²) < 4.78 is 12.6. The van der Waals surface area contributed by atoms with Crippen molar-refractivity contribution in [3.05, 3.63) is 40.4 Å². The molecule has 0 aliphatic heterocycles. The van der Waals surface area contributed by atoms with Crippen LogP contribution in [0.2, 0.25) is 0 Å². The maximum absolute atomic E-state index is 12.6. The second-order valence-corrected chi connectivity index (χ2v) is 5.64. The van der Waals surface area contributed by atoms with Gasteiger partial charge in [0.25, 0.3) is 0 Å². The molecule has 2 aromatic rings. The first kappa shape index (κ1) is 12.2. The lowest BCUT2D eigenvalue weighted by molar-refractivity contribution is 0.476. The molecule has 0 N–H and O–H groups in total. The van der Waals surface area contributed by atoms with E-state index in [0.29, 0.717) is 11.6 Å². The van der Waals surface area contributed by atoms with Crippen LogP contribution in [0.3, 0.4) is 0 Å². The third-order valence-electron chi connectivity index (χ3n) is 2.84. The third-order valence-corrected chi connectivity index (χ3v) is 3.91. The van der Waals surface area contributed by atoms with Crippen molar-refractivity contribution in [2.24, 2.45) is 0 Å². The summed E-state index contributed by atoms with van der Waals surface area (Å²) >= 11 is 1.56. The summed E-state index contributed by atoms with van der Waals surface area (Å²) in [6.45, 7) is 5.78. The van der Waals surface area contributed by atoms with E-state index >= 15 is 0 Å². The van der Waals surface area contributed by atoms with Crippen LogP contribution in [0, 0.1) is 6.92 Å². The van der Waals surface area contributed by atoms with Crippen LogP contribution in [-0.4, -0.2) is 4.98 Å². The number of benzene rings is 1. The van der Waals surface area contributed by atoms with Crippen LogP contribution in [0.1, 0.15) is 35.9 Å². The van der Waals surface area contributed by atoms with E-state index in [9.17, 15) is 4.39 Å². The average molecular weight is 249 g/mol. The zero-order valence-electron chi connectivity index (χ0n) is 10.3. The molecular weight excluding hydrogens is 233 g/mol. The van der Waals surface area contributed by atoms with Crippen molar-refractivity contribution in [2.75, 3.05) is 0 Å². The van der Waals surface area contributed by atoms with Crippen LogP contribution >= 0.6 is 11.3 Å². The van der Waals surface area contributed by atoms with E-state index < -0.39 is 6.67 Å². The number of hydrogen-bond donors (Lipinski definition) is 0. The zero-order valence-corrected chi connectivity index (χ0v) is 11.1. The highest BCUT2D eigenvalue weighted by Crippen LogP contribution is 2.29. The van der Waals surface area contributed by atoms with Gasteiger partial charge in [-0.25, -0.2) is 9.37 Å². The van der Waals surface area contributed by atoms with Gasteiger partial charge in [0.2, 0.25) is 0 Å². The Morgan fingerprint density at radius 1 is 1.24 bits per heavy atom. The fraction of sp³-hybridized carbons (Fsp3) is 0.357. The van der Waals surface area contributed by atoms with E-state index in [4.69, 9.17) is 0 Å². The van der Waals surface area contributed by atoms with Crippen LogP contribution in [0.15, 0.2) is 24.3 Å². The van der Waals surface area contributed by atoms with E-state index in [2.05, 4.69) is 43.1 Å². The Balaban J connectivity index is 2.33. The molecule has 1 heterocycles. The second kappa shape index (κ2) is 4.96. The predicted molar refractivity (Wildman–Crippen MR) is 71.2 cm³/mol. The molecule has 0 unspecified atom stereocenters. The van der Waals surface area contributed by atoms with Gasteiger partial charge in [0.15, 0.2) is 0 Å². The largest absolute Gasteiger partial charge is 0.244 e. The Kier molecular flexibility index (Phi) is 3.57. The molecule has 2 rings (SSSR count). The van der Waals surface area contributed by atoms with E-state index in [-0.39, 0.29) is 0 Å². The third kappa shape index (κ3) is 2.55. The molecule has 0 amide bonds. The maximum Gasteiger partial charge on any atom is 0.133 e. The first-order valence-corrected chi connectivity index (χ1v) is 6.56. The summed E-state index contributed by atoms with van der Waals surface area (Å²) in [6.07, 6.45) is 0. The minimum atomic E-state index is -0.480. The summed E-state index contributed by atoms with van der Waals surface area (Å²) in [4.78, 5) is 5.28. The molecule has 17 heavy (non-hydrogen) atoms. The fourth-order valence-corrected chi connectivity index (χ4v) is 2.60. The molecule has 3 heteroatoms. The van der Waals surface area contributed by atoms with Crippen molar-refractivity contribution < 1.29 is 4.39 Å². The highest BCUT2D eigenvalue weighted by Gasteiger charge is 2.09. The molecule has 0 saturated carbocycles. The number of nitrogens with zero attached hydrogens (tertiary/aromatic N) is 1. The lowest BCUT2D eigenvalue weighted by atomic mass is 10.0. The summed E-state index contributed by atoms with van der Waals surface area (Å²) in [7, 11) is 0. The number of alkyl halides is 1. The molecule has 1 aromatic heterocycles. The number of rotatable bonds is 3. The van der Waals surface area contributed by atoms with Crippen molar-refractivity contribution in [3.8, 4) is 10.6 Å². The van der Waals surface area contributed by atoms with Gasteiger partial charge in [-0.2, -0.15) is 0 Å². The predicted octanol–water partition coefficient (Wildman–Crippen LogP) is 4.71. The van der Waals surface area contributed by atoms with Gasteiger partial charge in [0.05, 0.1) is 5.69 Å². The minimum Gasteiger partial charge on any atom is -0.244 e. The van der Waals surface area contributed by atoms with Crippen molar-refractivity contribution in [2.45, 2.75) is 33.4 Å². The van der Waals surface area contributed by atoms with Gasteiger partial charge in [-0.15, -0.1) is 11.3 Å². The van der Waals surface area contributed by atoms with Gasteiger partial charge in [-0.3, -0.25) is 0 Å². The molecule has 0 radical (unpaired) electrons. The van der Waals surface area contributed by atoms with Crippen LogP contribution < -0.4 is 0 Å². The highest BCUT2D eigenvalue weighted by atomic mass is 32.1.